The highest BCUT2D eigenvalue weighted by molar-refractivity contribution is 5.66. The second kappa shape index (κ2) is 5.20. The zero-order chi connectivity index (χ0) is 15.0. The number of imidazole rings is 1. The fourth-order valence-electron chi connectivity index (χ4n) is 2.69. The predicted octanol–water partition coefficient (Wildman–Crippen LogP) is 3.34. The van der Waals surface area contributed by atoms with Crippen LogP contribution >= 0.6 is 0 Å². The number of rotatable bonds is 2. The Hall–Kier alpha value is -2.37. The van der Waals surface area contributed by atoms with Crippen molar-refractivity contribution in [3.05, 3.63) is 41.6 Å². The average molecular weight is 289 g/mol. The number of hydrogen-bond donors (Lipinski definition) is 2. The lowest BCUT2D eigenvalue weighted by atomic mass is 10.1. The van der Waals surface area contributed by atoms with Gasteiger partial charge in [-0.25, -0.2) is 14.2 Å². The molecule has 0 spiro atoms. The fourth-order valence-corrected chi connectivity index (χ4v) is 2.69. The van der Waals surface area contributed by atoms with E-state index in [1.54, 1.807) is 19.2 Å². The van der Waals surface area contributed by atoms with Crippen LogP contribution in [0.3, 0.4) is 0 Å². The molecular weight excluding hydrogens is 273 g/mol. The van der Waals surface area contributed by atoms with E-state index < -0.39 is 6.09 Å². The van der Waals surface area contributed by atoms with Gasteiger partial charge >= 0.3 is 6.09 Å². The number of halogens is 1. The van der Waals surface area contributed by atoms with Gasteiger partial charge in [-0.3, -0.25) is 4.90 Å². The Morgan fingerprint density at radius 2 is 2.33 bits per heavy atom. The number of likely N-dealkylation sites (tertiary alicyclic amines) is 1. The summed E-state index contributed by atoms with van der Waals surface area (Å²) in [7, 11) is 0. The number of hydrogen-bond acceptors (Lipinski definition) is 2. The van der Waals surface area contributed by atoms with E-state index in [9.17, 15) is 14.3 Å². The molecule has 1 fully saturated rings. The van der Waals surface area contributed by atoms with Gasteiger partial charge in [0.05, 0.1) is 17.9 Å². The Morgan fingerprint density at radius 3 is 3.05 bits per heavy atom. The van der Waals surface area contributed by atoms with Crippen molar-refractivity contribution in [1.82, 2.24) is 14.9 Å². The zero-order valence-electron chi connectivity index (χ0n) is 11.6. The van der Waals surface area contributed by atoms with Crippen LogP contribution in [0.15, 0.2) is 24.4 Å². The summed E-state index contributed by atoms with van der Waals surface area (Å²) in [6.07, 6.45) is 2.27. The normalized spacial score (nSPS) is 18.2. The maximum absolute atomic E-state index is 13.6. The molecule has 0 saturated carbocycles. The lowest BCUT2D eigenvalue weighted by Gasteiger charge is -2.19. The number of aromatic amines is 1. The van der Waals surface area contributed by atoms with E-state index in [1.165, 1.54) is 11.0 Å². The highest BCUT2D eigenvalue weighted by Gasteiger charge is 2.31. The maximum Gasteiger partial charge on any atom is 0.407 e. The van der Waals surface area contributed by atoms with Crippen molar-refractivity contribution in [3.8, 4) is 11.3 Å². The third kappa shape index (κ3) is 2.49. The van der Waals surface area contributed by atoms with Gasteiger partial charge in [0.25, 0.3) is 0 Å². The number of H-pyrrole nitrogens is 1. The van der Waals surface area contributed by atoms with Crippen molar-refractivity contribution < 1.29 is 14.3 Å². The van der Waals surface area contributed by atoms with Crippen LogP contribution < -0.4 is 0 Å². The first-order valence-electron chi connectivity index (χ1n) is 6.87. The minimum atomic E-state index is -0.933. The second-order valence-corrected chi connectivity index (χ2v) is 5.28. The first kappa shape index (κ1) is 13.6. The van der Waals surface area contributed by atoms with Crippen molar-refractivity contribution in [2.24, 2.45) is 0 Å². The molecular formula is C15H16FN3O2. The monoisotopic (exact) mass is 289 g/mol. The Balaban J connectivity index is 1.89. The van der Waals surface area contributed by atoms with Gasteiger partial charge in [0.15, 0.2) is 0 Å². The summed E-state index contributed by atoms with van der Waals surface area (Å²) in [5, 5.41) is 9.17. The number of aromatic nitrogens is 2. The molecule has 0 unspecified atom stereocenters. The van der Waals surface area contributed by atoms with Gasteiger partial charge < -0.3 is 10.1 Å². The van der Waals surface area contributed by atoms with Crippen LogP contribution in [0, 0.1) is 12.7 Å². The Kier molecular flexibility index (Phi) is 3.37. The molecule has 2 aromatic rings. The van der Waals surface area contributed by atoms with Crippen LogP contribution in [0.5, 0.6) is 0 Å². The molecule has 3 rings (SSSR count). The van der Waals surface area contributed by atoms with Crippen molar-refractivity contribution in [3.63, 3.8) is 0 Å². The number of nitrogens with zero attached hydrogens (tertiary/aromatic N) is 2. The van der Waals surface area contributed by atoms with Crippen LogP contribution in [0.25, 0.3) is 11.3 Å². The van der Waals surface area contributed by atoms with Crippen molar-refractivity contribution >= 4 is 6.09 Å². The quantitative estimate of drug-likeness (QED) is 0.890. The van der Waals surface area contributed by atoms with Gasteiger partial charge in [-0.15, -0.1) is 0 Å². The first-order chi connectivity index (χ1) is 10.1. The van der Waals surface area contributed by atoms with Gasteiger partial charge in [0, 0.05) is 12.1 Å². The van der Waals surface area contributed by atoms with E-state index in [2.05, 4.69) is 9.97 Å². The molecule has 2 heterocycles. The number of nitrogens with one attached hydrogen (secondary N) is 1. The van der Waals surface area contributed by atoms with Crippen molar-refractivity contribution in [2.75, 3.05) is 6.54 Å². The molecule has 2 N–H and O–H groups in total. The Morgan fingerprint density at radius 1 is 1.52 bits per heavy atom. The highest BCUT2D eigenvalue weighted by atomic mass is 19.1. The number of benzene rings is 1. The minimum Gasteiger partial charge on any atom is -0.465 e. The summed E-state index contributed by atoms with van der Waals surface area (Å²) >= 11 is 0. The molecule has 1 atom stereocenters. The van der Waals surface area contributed by atoms with Crippen LogP contribution in [-0.2, 0) is 0 Å². The predicted molar refractivity (Wildman–Crippen MR) is 75.4 cm³/mol. The largest absolute Gasteiger partial charge is 0.465 e. The molecule has 1 aliphatic heterocycles. The third-order valence-electron chi connectivity index (χ3n) is 3.89. The summed E-state index contributed by atoms with van der Waals surface area (Å²) in [6, 6.07) is 4.74. The molecule has 1 aliphatic rings. The molecule has 6 heteroatoms. The molecule has 110 valence electrons. The summed E-state index contributed by atoms with van der Waals surface area (Å²) in [5.41, 5.74) is 1.99. The van der Waals surface area contributed by atoms with Gasteiger partial charge in [0.1, 0.15) is 11.6 Å². The minimum absolute atomic E-state index is 0.244. The molecule has 5 nitrogen and oxygen atoms in total. The third-order valence-corrected chi connectivity index (χ3v) is 3.89. The van der Waals surface area contributed by atoms with Crippen LogP contribution in [0.4, 0.5) is 9.18 Å². The summed E-state index contributed by atoms with van der Waals surface area (Å²) < 4.78 is 13.6. The number of aryl methyl sites for hydroxylation is 1. The first-order valence-corrected chi connectivity index (χ1v) is 6.87. The fraction of sp³-hybridized carbons (Fsp3) is 0.333. The summed E-state index contributed by atoms with van der Waals surface area (Å²) in [5.74, 6) is 0.350. The second-order valence-electron chi connectivity index (χ2n) is 5.28. The zero-order valence-corrected chi connectivity index (χ0v) is 11.6. The molecule has 1 amide bonds. The number of carboxylic acid groups (broad SMARTS) is 1. The Labute approximate surface area is 121 Å². The highest BCUT2D eigenvalue weighted by Crippen LogP contribution is 2.31. The van der Waals surface area contributed by atoms with E-state index in [0.717, 1.165) is 12.8 Å². The summed E-state index contributed by atoms with van der Waals surface area (Å²) in [4.78, 5) is 20.0. The molecule has 0 aliphatic carbocycles. The molecule has 1 aromatic heterocycles. The van der Waals surface area contributed by atoms with Crippen LogP contribution in [0.2, 0.25) is 0 Å². The smallest absolute Gasteiger partial charge is 0.407 e. The van der Waals surface area contributed by atoms with E-state index in [0.29, 0.717) is 29.2 Å². The van der Waals surface area contributed by atoms with E-state index in [-0.39, 0.29) is 11.9 Å². The molecule has 1 aromatic carbocycles. The maximum atomic E-state index is 13.6. The van der Waals surface area contributed by atoms with Gasteiger partial charge in [0.2, 0.25) is 0 Å². The molecule has 0 bridgehead atoms. The van der Waals surface area contributed by atoms with E-state index in [1.807, 2.05) is 6.07 Å². The van der Waals surface area contributed by atoms with Gasteiger partial charge in [-0.2, -0.15) is 0 Å². The van der Waals surface area contributed by atoms with Crippen LogP contribution in [-0.4, -0.2) is 32.6 Å². The van der Waals surface area contributed by atoms with E-state index in [4.69, 9.17) is 0 Å². The topological polar surface area (TPSA) is 69.2 Å². The average Bonchev–Trinajstić information content (AvgIpc) is 3.09. The Bertz CT molecular complexity index is 683. The lowest BCUT2D eigenvalue weighted by molar-refractivity contribution is 0.139. The lowest BCUT2D eigenvalue weighted by Crippen LogP contribution is -2.29. The molecule has 21 heavy (non-hydrogen) atoms. The summed E-state index contributed by atoms with van der Waals surface area (Å²) in [6.45, 7) is 2.23. The van der Waals surface area contributed by atoms with Gasteiger partial charge in [-0.05, 0) is 31.4 Å². The number of carbonyl (C=O) groups is 1. The number of amides is 1. The van der Waals surface area contributed by atoms with Crippen LogP contribution in [0.1, 0.15) is 30.3 Å². The van der Waals surface area contributed by atoms with Crippen molar-refractivity contribution in [1.29, 1.82) is 0 Å². The van der Waals surface area contributed by atoms with Crippen molar-refractivity contribution in [2.45, 2.75) is 25.8 Å². The molecule has 0 radical (unpaired) electrons. The SMILES string of the molecule is Cc1ccc(-c2cnc([C@@H]3CCCN3C(=O)O)[nH]2)cc1F. The van der Waals surface area contributed by atoms with E-state index >= 15 is 0 Å². The van der Waals surface area contributed by atoms with Gasteiger partial charge in [-0.1, -0.05) is 12.1 Å². The molecule has 1 saturated heterocycles. The standard InChI is InChI=1S/C15H16FN3O2/c1-9-4-5-10(7-11(9)16)12-8-17-14(18-12)13-3-2-6-19(13)15(20)21/h4-5,7-8,13H,2-3,6H2,1H3,(H,17,18)(H,20,21)/t13-/m0/s1.